The highest BCUT2D eigenvalue weighted by molar-refractivity contribution is 6.42. The number of carbonyl (C=O) groups is 2. The Kier molecular flexibility index (Phi) is 8.93. The first-order chi connectivity index (χ1) is 15.4. The number of halogens is 2. The fraction of sp³-hybridized carbons (Fsp3) is 0.417. The monoisotopic (exact) mass is 476 g/mol. The van der Waals surface area contributed by atoms with Gasteiger partial charge in [-0.2, -0.15) is 0 Å². The lowest BCUT2D eigenvalue weighted by molar-refractivity contribution is -0.134. The van der Waals surface area contributed by atoms with Crippen molar-refractivity contribution in [1.82, 2.24) is 14.7 Å². The van der Waals surface area contributed by atoms with Crippen molar-refractivity contribution in [1.29, 1.82) is 0 Å². The van der Waals surface area contributed by atoms with E-state index in [2.05, 4.69) is 17.1 Å². The first-order valence-electron chi connectivity index (χ1n) is 10.9. The predicted molar refractivity (Wildman–Crippen MR) is 130 cm³/mol. The molecule has 1 fully saturated rings. The first-order valence-corrected chi connectivity index (χ1v) is 11.6. The van der Waals surface area contributed by atoms with E-state index in [1.807, 2.05) is 53.2 Å². The van der Waals surface area contributed by atoms with Gasteiger partial charge in [0.2, 0.25) is 11.8 Å². The van der Waals surface area contributed by atoms with E-state index in [0.717, 1.165) is 23.2 Å². The van der Waals surface area contributed by atoms with Crippen molar-refractivity contribution in [3.8, 4) is 0 Å². The van der Waals surface area contributed by atoms with Gasteiger partial charge in [0.25, 0.3) is 0 Å². The summed E-state index contributed by atoms with van der Waals surface area (Å²) in [4.78, 5) is 31.1. The van der Waals surface area contributed by atoms with Gasteiger partial charge in [0.15, 0.2) is 0 Å². The average molecular weight is 477 g/mol. The number of amides is 2. The molecular weight excluding hydrogens is 447 g/mol. The largest absolute Gasteiger partial charge is 0.339 e. The third kappa shape index (κ3) is 6.69. The van der Waals surface area contributed by atoms with Crippen molar-refractivity contribution >= 4 is 40.7 Å². The quantitative estimate of drug-likeness (QED) is 0.629. The number of hydrogen-bond acceptors (Lipinski definition) is 4. The van der Waals surface area contributed by atoms with Crippen LogP contribution in [0.15, 0.2) is 42.5 Å². The van der Waals surface area contributed by atoms with Crippen molar-refractivity contribution in [3.05, 3.63) is 63.6 Å². The summed E-state index contributed by atoms with van der Waals surface area (Å²) in [7, 11) is 1.89. The van der Waals surface area contributed by atoms with Gasteiger partial charge in [-0.15, -0.1) is 0 Å². The Morgan fingerprint density at radius 1 is 1.00 bits per heavy atom. The Labute approximate surface area is 200 Å². The maximum Gasteiger partial charge on any atom is 0.238 e. The molecule has 6 nitrogen and oxygen atoms in total. The predicted octanol–water partition coefficient (Wildman–Crippen LogP) is 3.77. The van der Waals surface area contributed by atoms with E-state index < -0.39 is 0 Å². The molecule has 1 aliphatic rings. The van der Waals surface area contributed by atoms with Crippen LogP contribution in [0.4, 0.5) is 5.69 Å². The summed E-state index contributed by atoms with van der Waals surface area (Å²) in [6.45, 7) is 5.83. The molecule has 2 aromatic carbocycles. The highest BCUT2D eigenvalue weighted by atomic mass is 35.5. The van der Waals surface area contributed by atoms with Gasteiger partial charge >= 0.3 is 0 Å². The molecule has 1 heterocycles. The minimum absolute atomic E-state index is 0.0242. The molecule has 0 aliphatic carbocycles. The Hall–Kier alpha value is -2.12. The SMILES string of the molecule is CCc1ccccc1NC(=O)CN1CCN(C(=O)CN(C)Cc2cccc(Cl)c2Cl)CC1. The maximum atomic E-state index is 12.7. The van der Waals surface area contributed by atoms with Crippen LogP contribution in [0.25, 0.3) is 0 Å². The van der Waals surface area contributed by atoms with Crippen LogP contribution in [0.1, 0.15) is 18.1 Å². The number of nitrogens with one attached hydrogen (secondary N) is 1. The fourth-order valence-corrected chi connectivity index (χ4v) is 4.23. The van der Waals surface area contributed by atoms with Gasteiger partial charge in [-0.1, -0.05) is 60.5 Å². The van der Waals surface area contributed by atoms with E-state index in [1.54, 1.807) is 6.07 Å². The Morgan fingerprint density at radius 3 is 2.41 bits per heavy atom. The minimum atomic E-state index is -0.0242. The highest BCUT2D eigenvalue weighted by Gasteiger charge is 2.23. The number of benzene rings is 2. The Balaban J connectivity index is 1.43. The van der Waals surface area contributed by atoms with Gasteiger partial charge in [-0.05, 0) is 36.7 Å². The number of hydrogen-bond donors (Lipinski definition) is 1. The van der Waals surface area contributed by atoms with E-state index in [0.29, 0.717) is 55.9 Å². The number of likely N-dealkylation sites (N-methyl/N-ethyl adjacent to an activating group) is 1. The van der Waals surface area contributed by atoms with Crippen LogP contribution in [0.2, 0.25) is 10.0 Å². The highest BCUT2D eigenvalue weighted by Crippen LogP contribution is 2.26. The molecule has 8 heteroatoms. The van der Waals surface area contributed by atoms with E-state index in [4.69, 9.17) is 23.2 Å². The Morgan fingerprint density at radius 2 is 1.69 bits per heavy atom. The van der Waals surface area contributed by atoms with E-state index in [1.165, 1.54) is 0 Å². The van der Waals surface area contributed by atoms with Crippen LogP contribution in [0.3, 0.4) is 0 Å². The fourth-order valence-electron chi connectivity index (χ4n) is 3.85. The van der Waals surface area contributed by atoms with E-state index >= 15 is 0 Å². The zero-order valence-electron chi connectivity index (χ0n) is 18.6. The maximum absolute atomic E-state index is 12.7. The number of anilines is 1. The van der Waals surface area contributed by atoms with Gasteiger partial charge < -0.3 is 10.2 Å². The van der Waals surface area contributed by atoms with Crippen LogP contribution >= 0.6 is 23.2 Å². The van der Waals surface area contributed by atoms with Crippen LogP contribution < -0.4 is 5.32 Å². The molecule has 0 bridgehead atoms. The first kappa shape index (κ1) is 24.5. The van der Waals surface area contributed by atoms with E-state index in [-0.39, 0.29) is 11.8 Å². The summed E-state index contributed by atoms with van der Waals surface area (Å²) < 4.78 is 0. The van der Waals surface area contributed by atoms with Crippen molar-refractivity contribution in [3.63, 3.8) is 0 Å². The molecule has 172 valence electrons. The van der Waals surface area contributed by atoms with Crippen LogP contribution in [0, 0.1) is 0 Å². The summed E-state index contributed by atoms with van der Waals surface area (Å²) in [5, 5.41) is 4.06. The summed E-state index contributed by atoms with van der Waals surface area (Å²) in [5.41, 5.74) is 2.89. The standard InChI is InChI=1S/C24H30Cl2N4O2/c1-3-18-7-4-5-10-21(18)27-22(31)16-29-11-13-30(14-12-29)23(32)17-28(2)15-19-8-6-9-20(25)24(19)26/h4-10H,3,11-17H2,1-2H3,(H,27,31). The lowest BCUT2D eigenvalue weighted by Crippen LogP contribution is -2.52. The third-order valence-electron chi connectivity index (χ3n) is 5.64. The van der Waals surface area contributed by atoms with Gasteiger partial charge in [0, 0.05) is 38.4 Å². The van der Waals surface area contributed by atoms with Crippen LogP contribution in [0.5, 0.6) is 0 Å². The molecule has 1 aliphatic heterocycles. The number of para-hydroxylation sites is 1. The Bertz CT molecular complexity index is 945. The molecule has 0 saturated carbocycles. The van der Waals surface area contributed by atoms with Crippen LogP contribution in [-0.4, -0.2) is 72.8 Å². The molecule has 32 heavy (non-hydrogen) atoms. The van der Waals surface area contributed by atoms with Crippen molar-refractivity contribution in [2.24, 2.45) is 0 Å². The lowest BCUT2D eigenvalue weighted by atomic mass is 10.1. The zero-order valence-corrected chi connectivity index (χ0v) is 20.1. The summed E-state index contributed by atoms with van der Waals surface area (Å²) in [6, 6.07) is 13.4. The average Bonchev–Trinajstić information content (AvgIpc) is 2.77. The lowest BCUT2D eigenvalue weighted by Gasteiger charge is -2.35. The number of nitrogens with zero attached hydrogens (tertiary/aromatic N) is 3. The number of carbonyl (C=O) groups excluding carboxylic acids is 2. The number of rotatable bonds is 8. The zero-order chi connectivity index (χ0) is 23.1. The molecule has 1 saturated heterocycles. The number of piperazine rings is 1. The molecule has 1 N–H and O–H groups in total. The van der Waals surface area contributed by atoms with Gasteiger partial charge in [0.05, 0.1) is 23.1 Å². The normalized spacial score (nSPS) is 14.6. The molecule has 0 aromatic heterocycles. The molecule has 0 spiro atoms. The van der Waals surface area contributed by atoms with Gasteiger partial charge in [0.1, 0.15) is 0 Å². The second-order valence-corrected chi connectivity index (χ2v) is 8.89. The summed E-state index contributed by atoms with van der Waals surface area (Å²) in [6.07, 6.45) is 0.870. The van der Waals surface area contributed by atoms with Gasteiger partial charge in [-0.25, -0.2) is 0 Å². The molecule has 2 amide bonds. The van der Waals surface area contributed by atoms with Crippen molar-refractivity contribution in [2.75, 3.05) is 51.6 Å². The molecule has 0 atom stereocenters. The second kappa shape index (κ2) is 11.7. The van der Waals surface area contributed by atoms with Gasteiger partial charge in [-0.3, -0.25) is 19.4 Å². The van der Waals surface area contributed by atoms with Crippen LogP contribution in [-0.2, 0) is 22.6 Å². The molecular formula is C24H30Cl2N4O2. The summed E-state index contributed by atoms with van der Waals surface area (Å²) >= 11 is 12.3. The second-order valence-electron chi connectivity index (χ2n) is 8.10. The number of aryl methyl sites for hydroxylation is 1. The molecule has 0 unspecified atom stereocenters. The molecule has 2 aromatic rings. The summed E-state index contributed by atoms with van der Waals surface area (Å²) in [5.74, 6) is 0.0513. The smallest absolute Gasteiger partial charge is 0.238 e. The van der Waals surface area contributed by atoms with E-state index in [9.17, 15) is 9.59 Å². The third-order valence-corrected chi connectivity index (χ3v) is 6.50. The molecule has 0 radical (unpaired) electrons. The van der Waals surface area contributed by atoms with Crippen molar-refractivity contribution < 1.29 is 9.59 Å². The van der Waals surface area contributed by atoms with Crippen molar-refractivity contribution in [2.45, 2.75) is 19.9 Å². The molecule has 3 rings (SSSR count). The topological polar surface area (TPSA) is 55.9 Å². The minimum Gasteiger partial charge on any atom is -0.339 e.